The number of piperidine rings is 1. The van der Waals surface area contributed by atoms with Crippen molar-refractivity contribution in [3.8, 4) is 5.75 Å². The van der Waals surface area contributed by atoms with Crippen molar-refractivity contribution in [3.63, 3.8) is 0 Å². The number of ether oxygens (including phenoxy) is 1. The Hall–Kier alpha value is -2.30. The molecule has 32 heavy (non-hydrogen) atoms. The van der Waals surface area contributed by atoms with Crippen LogP contribution in [0.5, 0.6) is 5.75 Å². The molecule has 174 valence electrons. The Kier molecular flexibility index (Phi) is 6.64. The molecule has 2 aliphatic heterocycles. The average molecular weight is 465 g/mol. The third kappa shape index (κ3) is 5.02. The first-order valence-electron chi connectivity index (χ1n) is 10.9. The van der Waals surface area contributed by atoms with Crippen LogP contribution in [0.3, 0.4) is 0 Å². The van der Waals surface area contributed by atoms with E-state index in [-0.39, 0.29) is 23.0 Å². The molecule has 0 N–H and O–H groups in total. The van der Waals surface area contributed by atoms with Gasteiger partial charge in [0.1, 0.15) is 11.6 Å². The van der Waals surface area contributed by atoms with E-state index in [0.717, 1.165) is 11.1 Å². The summed E-state index contributed by atoms with van der Waals surface area (Å²) in [6.07, 6.45) is 4.12. The summed E-state index contributed by atoms with van der Waals surface area (Å²) >= 11 is 0. The van der Waals surface area contributed by atoms with Crippen molar-refractivity contribution in [1.82, 2.24) is 18.8 Å². The molecule has 1 aromatic carbocycles. The van der Waals surface area contributed by atoms with Crippen molar-refractivity contribution in [3.05, 3.63) is 57.5 Å². The summed E-state index contributed by atoms with van der Waals surface area (Å²) in [5.74, 6) is 0.829. The summed E-state index contributed by atoms with van der Waals surface area (Å²) < 4.78 is 45.7. The first-order valence-corrected chi connectivity index (χ1v) is 12.8. The second-order valence-electron chi connectivity index (χ2n) is 8.56. The maximum atomic E-state index is 13.5. The summed E-state index contributed by atoms with van der Waals surface area (Å²) in [4.78, 5) is 19.6. The highest BCUT2D eigenvalue weighted by molar-refractivity contribution is 7.88. The minimum absolute atomic E-state index is 0.200. The minimum Gasteiger partial charge on any atom is -0.486 e. The number of nitrogens with zero attached hydrogens (tertiary/aromatic N) is 4. The zero-order valence-electron chi connectivity index (χ0n) is 18.5. The van der Waals surface area contributed by atoms with E-state index in [1.807, 2.05) is 13.0 Å². The van der Waals surface area contributed by atoms with Gasteiger partial charge in [0.05, 0.1) is 25.6 Å². The van der Waals surface area contributed by atoms with Crippen LogP contribution in [0.1, 0.15) is 36.7 Å². The lowest BCUT2D eigenvalue weighted by Crippen LogP contribution is -2.39. The summed E-state index contributed by atoms with van der Waals surface area (Å²) in [5.41, 5.74) is 1.85. The summed E-state index contributed by atoms with van der Waals surface area (Å²) in [6.45, 7) is 5.49. The lowest BCUT2D eigenvalue weighted by Gasteiger charge is -2.30. The van der Waals surface area contributed by atoms with E-state index in [1.54, 1.807) is 10.6 Å². The van der Waals surface area contributed by atoms with Crippen molar-refractivity contribution in [1.29, 1.82) is 0 Å². The molecule has 0 radical (unpaired) electrons. The van der Waals surface area contributed by atoms with Gasteiger partial charge in [-0.15, -0.1) is 0 Å². The number of sulfonamides is 1. The van der Waals surface area contributed by atoms with Crippen molar-refractivity contribution < 1.29 is 17.5 Å². The van der Waals surface area contributed by atoms with Gasteiger partial charge in [0.15, 0.2) is 0 Å². The predicted octanol–water partition coefficient (Wildman–Crippen LogP) is 1.97. The Morgan fingerprint density at radius 2 is 1.91 bits per heavy atom. The number of fused-ring (bicyclic) bond motifs is 1. The smallest absolute Gasteiger partial charge is 0.295 e. The molecule has 8 nitrogen and oxygen atoms in total. The molecule has 1 saturated heterocycles. The topological polar surface area (TPSA) is 84.7 Å². The van der Waals surface area contributed by atoms with Gasteiger partial charge in [0.25, 0.3) is 5.56 Å². The number of rotatable bonds is 7. The Morgan fingerprint density at radius 1 is 1.19 bits per heavy atom. The van der Waals surface area contributed by atoms with E-state index in [2.05, 4.69) is 9.88 Å². The van der Waals surface area contributed by atoms with Crippen LogP contribution in [0, 0.1) is 11.7 Å². The number of hydrogen-bond donors (Lipinski definition) is 0. The third-order valence-corrected chi connectivity index (χ3v) is 7.56. The third-order valence-electron chi connectivity index (χ3n) is 6.25. The van der Waals surface area contributed by atoms with Gasteiger partial charge in [-0.05, 0) is 48.9 Å². The Morgan fingerprint density at radius 3 is 2.59 bits per heavy atom. The summed E-state index contributed by atoms with van der Waals surface area (Å²) in [7, 11) is -3.16. The highest BCUT2D eigenvalue weighted by Crippen LogP contribution is 2.25. The molecule has 0 bridgehead atoms. The van der Waals surface area contributed by atoms with Crippen molar-refractivity contribution >= 4 is 10.0 Å². The Balaban J connectivity index is 1.38. The fraction of sp³-hybridized carbons (Fsp3) is 0.545. The monoisotopic (exact) mass is 464 g/mol. The normalized spacial score (nSPS) is 18.1. The summed E-state index contributed by atoms with van der Waals surface area (Å²) in [5, 5.41) is 0. The van der Waals surface area contributed by atoms with Crippen LogP contribution in [0.15, 0.2) is 29.2 Å². The SMILES string of the molecule is CCn1c(CN2Cc3ccc(F)cc3C2)ncc(OCC2CCN(S(C)(=O)=O)CC2)c1=O. The highest BCUT2D eigenvalue weighted by atomic mass is 32.2. The van der Waals surface area contributed by atoms with Crippen LogP contribution >= 0.6 is 0 Å². The maximum absolute atomic E-state index is 13.5. The van der Waals surface area contributed by atoms with Gasteiger partial charge in [-0.25, -0.2) is 22.1 Å². The van der Waals surface area contributed by atoms with Crippen LogP contribution in [0.25, 0.3) is 0 Å². The molecule has 0 spiro atoms. The number of benzene rings is 1. The molecule has 0 amide bonds. The zero-order valence-corrected chi connectivity index (χ0v) is 19.3. The van der Waals surface area contributed by atoms with Crippen LogP contribution in [0.2, 0.25) is 0 Å². The molecule has 3 heterocycles. The molecule has 1 aromatic heterocycles. The highest BCUT2D eigenvalue weighted by Gasteiger charge is 2.26. The van der Waals surface area contributed by atoms with Crippen LogP contribution in [-0.2, 0) is 36.2 Å². The van der Waals surface area contributed by atoms with E-state index in [0.29, 0.717) is 64.5 Å². The fourth-order valence-electron chi connectivity index (χ4n) is 4.42. The first kappa shape index (κ1) is 22.9. The Bertz CT molecular complexity index is 1140. The van der Waals surface area contributed by atoms with Crippen molar-refractivity contribution in [2.24, 2.45) is 5.92 Å². The first-order chi connectivity index (χ1) is 15.2. The van der Waals surface area contributed by atoms with Gasteiger partial charge < -0.3 is 4.74 Å². The molecule has 10 heteroatoms. The van der Waals surface area contributed by atoms with Gasteiger partial charge in [-0.2, -0.15) is 0 Å². The molecule has 0 unspecified atom stereocenters. The van der Waals surface area contributed by atoms with Gasteiger partial charge in [-0.3, -0.25) is 14.3 Å². The van der Waals surface area contributed by atoms with E-state index < -0.39 is 10.0 Å². The second-order valence-corrected chi connectivity index (χ2v) is 10.5. The van der Waals surface area contributed by atoms with E-state index in [4.69, 9.17) is 4.74 Å². The van der Waals surface area contributed by atoms with E-state index in [1.165, 1.54) is 22.8 Å². The van der Waals surface area contributed by atoms with Gasteiger partial charge in [0, 0.05) is 32.7 Å². The number of hydrogen-bond acceptors (Lipinski definition) is 6. The van der Waals surface area contributed by atoms with Crippen LogP contribution in [-0.4, -0.2) is 53.1 Å². The van der Waals surface area contributed by atoms with Crippen molar-refractivity contribution in [2.45, 2.75) is 45.9 Å². The molecule has 0 atom stereocenters. The summed E-state index contributed by atoms with van der Waals surface area (Å²) in [6, 6.07) is 4.84. The molecule has 0 saturated carbocycles. The van der Waals surface area contributed by atoms with Gasteiger partial charge in [0.2, 0.25) is 15.8 Å². The standard InChI is InChI=1S/C22H29FN4O4S/c1-3-27-21(14-25-12-17-4-5-19(23)10-18(17)13-25)24-11-20(22(27)28)31-15-16-6-8-26(9-7-16)32(2,29)30/h4-5,10-11,16H,3,6-9,12-15H2,1-2H3. The maximum Gasteiger partial charge on any atom is 0.295 e. The molecule has 4 rings (SSSR count). The van der Waals surface area contributed by atoms with Crippen LogP contribution < -0.4 is 10.3 Å². The zero-order chi connectivity index (χ0) is 22.9. The van der Waals surface area contributed by atoms with Crippen molar-refractivity contribution in [2.75, 3.05) is 26.0 Å². The molecule has 2 aliphatic rings. The van der Waals surface area contributed by atoms with Gasteiger partial charge in [-0.1, -0.05) is 6.07 Å². The molecular formula is C22H29FN4O4S. The lowest BCUT2D eigenvalue weighted by molar-refractivity contribution is 0.182. The van der Waals surface area contributed by atoms with Crippen LogP contribution in [0.4, 0.5) is 4.39 Å². The Labute approximate surface area is 187 Å². The quantitative estimate of drug-likeness (QED) is 0.623. The number of aromatic nitrogens is 2. The van der Waals surface area contributed by atoms with Gasteiger partial charge >= 0.3 is 0 Å². The fourth-order valence-corrected chi connectivity index (χ4v) is 5.29. The molecular weight excluding hydrogens is 435 g/mol. The molecule has 2 aromatic rings. The number of halogens is 1. The lowest BCUT2D eigenvalue weighted by atomic mass is 9.99. The average Bonchev–Trinajstić information content (AvgIpc) is 3.14. The predicted molar refractivity (Wildman–Crippen MR) is 118 cm³/mol. The molecule has 1 fully saturated rings. The van der Waals surface area contributed by atoms with E-state index in [9.17, 15) is 17.6 Å². The minimum atomic E-state index is -3.16. The van der Waals surface area contributed by atoms with E-state index >= 15 is 0 Å². The second kappa shape index (κ2) is 9.29. The largest absolute Gasteiger partial charge is 0.486 e. The molecule has 0 aliphatic carbocycles.